The number of nitrogens with one attached hydrogen (secondary N) is 1. The first-order valence-electron chi connectivity index (χ1n) is 8.75. The third-order valence-corrected chi connectivity index (χ3v) is 4.11. The van der Waals surface area contributed by atoms with Crippen molar-refractivity contribution in [1.29, 1.82) is 0 Å². The Hall–Kier alpha value is -3.49. The van der Waals surface area contributed by atoms with Crippen LogP contribution in [0.2, 0.25) is 0 Å². The summed E-state index contributed by atoms with van der Waals surface area (Å²) in [7, 11) is 3.86. The zero-order chi connectivity index (χ0) is 20.4. The van der Waals surface area contributed by atoms with Gasteiger partial charge in [-0.2, -0.15) is 4.98 Å². The summed E-state index contributed by atoms with van der Waals surface area (Å²) in [5.74, 6) is -1.06. The number of carbonyl (C=O) groups is 2. The Morgan fingerprint density at radius 3 is 2.46 bits per heavy atom. The van der Waals surface area contributed by atoms with Gasteiger partial charge in [0.2, 0.25) is 0 Å². The molecule has 1 N–H and O–H groups in total. The summed E-state index contributed by atoms with van der Waals surface area (Å²) < 4.78 is 6.67. The van der Waals surface area contributed by atoms with Crippen molar-refractivity contribution >= 4 is 29.0 Å². The number of anilines is 2. The highest BCUT2D eigenvalue weighted by atomic mass is 16.5. The molecule has 1 aromatic carbocycles. The van der Waals surface area contributed by atoms with Gasteiger partial charge in [-0.25, -0.2) is 14.3 Å². The van der Waals surface area contributed by atoms with E-state index in [2.05, 4.69) is 20.4 Å². The maximum atomic E-state index is 12.3. The predicted octanol–water partition coefficient (Wildman–Crippen LogP) is 1.99. The summed E-state index contributed by atoms with van der Waals surface area (Å²) in [6.45, 7) is 5.16. The van der Waals surface area contributed by atoms with E-state index in [9.17, 15) is 9.59 Å². The van der Waals surface area contributed by atoms with Gasteiger partial charge in [-0.05, 0) is 51.1 Å². The minimum Gasteiger partial charge on any atom is -0.447 e. The number of aromatic nitrogens is 4. The Labute approximate surface area is 162 Å². The van der Waals surface area contributed by atoms with Crippen LogP contribution in [0.1, 0.15) is 28.9 Å². The molecular formula is C19H22N6O3. The van der Waals surface area contributed by atoms with Gasteiger partial charge >= 0.3 is 5.97 Å². The number of esters is 1. The first kappa shape index (κ1) is 19.3. The van der Waals surface area contributed by atoms with Crippen molar-refractivity contribution in [3.05, 3.63) is 47.5 Å². The van der Waals surface area contributed by atoms with E-state index < -0.39 is 18.0 Å². The molecule has 0 radical (unpaired) electrons. The molecule has 0 saturated carbocycles. The van der Waals surface area contributed by atoms with Gasteiger partial charge in [-0.3, -0.25) is 4.79 Å². The maximum absolute atomic E-state index is 12.3. The van der Waals surface area contributed by atoms with Gasteiger partial charge in [0.15, 0.2) is 6.10 Å². The Balaban J connectivity index is 1.66. The minimum absolute atomic E-state index is 0.142. The van der Waals surface area contributed by atoms with Crippen molar-refractivity contribution in [2.45, 2.75) is 26.9 Å². The molecule has 2 aromatic heterocycles. The maximum Gasteiger partial charge on any atom is 0.379 e. The zero-order valence-electron chi connectivity index (χ0n) is 16.4. The van der Waals surface area contributed by atoms with E-state index in [1.54, 1.807) is 12.1 Å². The topological polar surface area (TPSA) is 102 Å². The third kappa shape index (κ3) is 4.08. The van der Waals surface area contributed by atoms with Gasteiger partial charge in [-0.15, -0.1) is 5.10 Å². The van der Waals surface area contributed by atoms with Crippen molar-refractivity contribution in [2.24, 2.45) is 0 Å². The fourth-order valence-electron chi connectivity index (χ4n) is 2.61. The smallest absolute Gasteiger partial charge is 0.379 e. The molecule has 9 nitrogen and oxygen atoms in total. The number of carbonyl (C=O) groups excluding carboxylic acids is 2. The van der Waals surface area contributed by atoms with Gasteiger partial charge < -0.3 is 15.0 Å². The predicted molar refractivity (Wildman–Crippen MR) is 105 cm³/mol. The first-order chi connectivity index (χ1) is 13.2. The van der Waals surface area contributed by atoms with Crippen LogP contribution in [0, 0.1) is 13.8 Å². The molecule has 3 rings (SSSR count). The molecule has 1 amide bonds. The fraction of sp³-hybridized carbons (Fsp3) is 0.316. The molecule has 0 spiro atoms. The van der Waals surface area contributed by atoms with E-state index in [1.165, 1.54) is 11.4 Å². The molecule has 2 heterocycles. The van der Waals surface area contributed by atoms with E-state index in [0.29, 0.717) is 11.5 Å². The van der Waals surface area contributed by atoms with Crippen LogP contribution < -0.4 is 10.2 Å². The van der Waals surface area contributed by atoms with E-state index in [-0.39, 0.29) is 5.82 Å². The molecule has 0 unspecified atom stereocenters. The lowest BCUT2D eigenvalue weighted by atomic mass is 10.2. The van der Waals surface area contributed by atoms with Gasteiger partial charge in [0.1, 0.15) is 0 Å². The van der Waals surface area contributed by atoms with Crippen molar-refractivity contribution in [3.8, 4) is 0 Å². The molecule has 0 aliphatic carbocycles. The summed E-state index contributed by atoms with van der Waals surface area (Å²) >= 11 is 0. The van der Waals surface area contributed by atoms with E-state index in [0.717, 1.165) is 17.1 Å². The largest absolute Gasteiger partial charge is 0.447 e. The Morgan fingerprint density at radius 1 is 1.14 bits per heavy atom. The highest BCUT2D eigenvalue weighted by molar-refractivity contribution is 5.96. The van der Waals surface area contributed by atoms with Crippen LogP contribution in [0.25, 0.3) is 5.78 Å². The molecule has 146 valence electrons. The first-order valence-corrected chi connectivity index (χ1v) is 8.75. The summed E-state index contributed by atoms with van der Waals surface area (Å²) in [4.78, 5) is 34.9. The third-order valence-electron chi connectivity index (χ3n) is 4.11. The molecule has 0 bridgehead atoms. The summed E-state index contributed by atoms with van der Waals surface area (Å²) in [6, 6.07) is 9.15. The van der Waals surface area contributed by atoms with E-state index in [1.807, 2.05) is 51.0 Å². The van der Waals surface area contributed by atoms with Crippen LogP contribution in [0.5, 0.6) is 0 Å². The molecule has 0 fully saturated rings. The van der Waals surface area contributed by atoms with Crippen LogP contribution in [0.15, 0.2) is 30.3 Å². The number of hydrogen-bond acceptors (Lipinski definition) is 7. The monoisotopic (exact) mass is 382 g/mol. The molecule has 0 aliphatic rings. The van der Waals surface area contributed by atoms with Crippen molar-refractivity contribution in [3.63, 3.8) is 0 Å². The number of nitrogens with zero attached hydrogens (tertiary/aromatic N) is 5. The summed E-state index contributed by atoms with van der Waals surface area (Å²) in [6.07, 6.45) is -1.01. The summed E-state index contributed by atoms with van der Waals surface area (Å²) in [5, 5.41) is 6.82. The molecule has 1 atom stereocenters. The zero-order valence-corrected chi connectivity index (χ0v) is 16.4. The van der Waals surface area contributed by atoms with Crippen molar-refractivity contribution in [1.82, 2.24) is 19.6 Å². The normalized spacial score (nSPS) is 11.9. The molecule has 0 aliphatic heterocycles. The number of benzene rings is 1. The van der Waals surface area contributed by atoms with E-state index >= 15 is 0 Å². The van der Waals surface area contributed by atoms with Crippen molar-refractivity contribution < 1.29 is 14.3 Å². The van der Waals surface area contributed by atoms with Gasteiger partial charge in [-0.1, -0.05) is 0 Å². The van der Waals surface area contributed by atoms with Gasteiger partial charge in [0, 0.05) is 36.9 Å². The molecule has 28 heavy (non-hydrogen) atoms. The van der Waals surface area contributed by atoms with Crippen LogP contribution >= 0.6 is 0 Å². The van der Waals surface area contributed by atoms with Crippen LogP contribution in [-0.2, 0) is 9.53 Å². The quantitative estimate of drug-likeness (QED) is 0.673. The number of amides is 1. The van der Waals surface area contributed by atoms with Crippen LogP contribution in [0.3, 0.4) is 0 Å². The van der Waals surface area contributed by atoms with Crippen LogP contribution in [-0.4, -0.2) is 51.7 Å². The average molecular weight is 382 g/mol. The summed E-state index contributed by atoms with van der Waals surface area (Å²) in [5.41, 5.74) is 3.18. The molecule has 3 aromatic rings. The number of aryl methyl sites for hydroxylation is 2. The highest BCUT2D eigenvalue weighted by Gasteiger charge is 2.23. The molecular weight excluding hydrogens is 360 g/mol. The second-order valence-corrected chi connectivity index (χ2v) is 6.66. The Morgan fingerprint density at radius 2 is 1.82 bits per heavy atom. The lowest BCUT2D eigenvalue weighted by Crippen LogP contribution is -2.30. The minimum atomic E-state index is -1.01. The number of fused-ring (bicyclic) bond motifs is 1. The van der Waals surface area contributed by atoms with Crippen molar-refractivity contribution in [2.75, 3.05) is 24.3 Å². The lowest BCUT2D eigenvalue weighted by molar-refractivity contribution is -0.123. The SMILES string of the molecule is Cc1cc(C)n2nc(C(=O)O[C@H](C)C(=O)Nc3ccc(N(C)C)cc3)nc2n1. The van der Waals surface area contributed by atoms with Crippen LogP contribution in [0.4, 0.5) is 11.4 Å². The standard InChI is InChI=1S/C19H22N6O3/c1-11-10-12(2)25-19(20-11)22-16(23-25)18(27)28-13(3)17(26)21-14-6-8-15(9-7-14)24(4)5/h6-10,13H,1-5H3,(H,21,26)/t13-/m1/s1. The Kier molecular flexibility index (Phi) is 5.25. The van der Waals surface area contributed by atoms with Gasteiger partial charge in [0.25, 0.3) is 17.5 Å². The second-order valence-electron chi connectivity index (χ2n) is 6.66. The molecule has 0 saturated heterocycles. The Bertz CT molecular complexity index is 1030. The van der Waals surface area contributed by atoms with E-state index in [4.69, 9.17) is 4.74 Å². The second kappa shape index (κ2) is 7.63. The number of rotatable bonds is 5. The van der Waals surface area contributed by atoms with Gasteiger partial charge in [0.05, 0.1) is 0 Å². The lowest BCUT2D eigenvalue weighted by Gasteiger charge is -2.15. The highest BCUT2D eigenvalue weighted by Crippen LogP contribution is 2.16. The fourth-order valence-corrected chi connectivity index (χ4v) is 2.61. The number of ether oxygens (including phenoxy) is 1. The molecule has 9 heteroatoms. The number of hydrogen-bond donors (Lipinski definition) is 1. The average Bonchev–Trinajstić information content (AvgIpc) is 3.06.